The van der Waals surface area contributed by atoms with Gasteiger partial charge in [0.25, 0.3) is 0 Å². The topological polar surface area (TPSA) is 83.2 Å². The third kappa shape index (κ3) is 4.89. The Balaban J connectivity index is 1.52. The Morgan fingerprint density at radius 1 is 1.03 bits per heavy atom. The zero-order chi connectivity index (χ0) is 24.7. The predicted octanol–water partition coefficient (Wildman–Crippen LogP) is 4.95. The molecule has 0 aliphatic carbocycles. The minimum atomic E-state index is -4.50. The molecule has 2 aliphatic rings. The van der Waals surface area contributed by atoms with Crippen molar-refractivity contribution < 1.29 is 17.6 Å². The number of fused-ring (bicyclic) bond motifs is 1. The monoisotopic (exact) mass is 489 g/mol. The number of aromatic nitrogens is 3. The molecule has 2 aliphatic heterocycles. The first-order valence-electron chi connectivity index (χ1n) is 11.7. The summed E-state index contributed by atoms with van der Waals surface area (Å²) in [5.74, 6) is 1.75. The van der Waals surface area contributed by atoms with Crippen LogP contribution in [0, 0.1) is 0 Å². The maximum atomic E-state index is 13.6. The van der Waals surface area contributed by atoms with Gasteiger partial charge >= 0.3 is 6.18 Å². The molecule has 1 aromatic carbocycles. The number of nitrogens with two attached hydrogens (primary N) is 1. The average Bonchev–Trinajstić information content (AvgIpc) is 2.77. The summed E-state index contributed by atoms with van der Waals surface area (Å²) in [6.07, 6.45) is -1.68. The van der Waals surface area contributed by atoms with E-state index in [1.54, 1.807) is 13.1 Å². The van der Waals surface area contributed by atoms with Gasteiger partial charge in [-0.2, -0.15) is 18.2 Å². The summed E-state index contributed by atoms with van der Waals surface area (Å²) in [7, 11) is 0. The maximum absolute atomic E-state index is 13.6. The van der Waals surface area contributed by atoms with Crippen LogP contribution in [0.25, 0.3) is 10.9 Å². The van der Waals surface area contributed by atoms with Crippen molar-refractivity contribution in [2.24, 2.45) is 0 Å². The number of alkyl halides is 4. The molecule has 3 N–H and O–H groups in total. The first kappa shape index (κ1) is 23.4. The molecule has 35 heavy (non-hydrogen) atoms. The molecule has 0 radical (unpaired) electrons. The summed E-state index contributed by atoms with van der Waals surface area (Å²) in [4.78, 5) is 18.0. The van der Waals surface area contributed by atoms with Crippen molar-refractivity contribution in [1.82, 2.24) is 15.0 Å². The van der Waals surface area contributed by atoms with Crippen LogP contribution in [0.5, 0.6) is 0 Å². The number of pyridine rings is 1. The predicted molar refractivity (Wildman–Crippen MR) is 128 cm³/mol. The molecule has 4 heterocycles. The molecule has 2 fully saturated rings. The largest absolute Gasteiger partial charge is 0.416 e. The highest BCUT2D eigenvalue weighted by Gasteiger charge is 2.31. The molecule has 186 valence electrons. The number of nitrogens with zero attached hydrogens (tertiary/aromatic N) is 5. The van der Waals surface area contributed by atoms with E-state index in [-0.39, 0.29) is 5.69 Å². The molecule has 5 rings (SSSR count). The van der Waals surface area contributed by atoms with E-state index in [4.69, 9.17) is 10.7 Å². The number of hydrogen-bond acceptors (Lipinski definition) is 7. The van der Waals surface area contributed by atoms with Gasteiger partial charge in [-0.05, 0) is 56.0 Å². The molecule has 7 nitrogen and oxygen atoms in total. The lowest BCUT2D eigenvalue weighted by Crippen LogP contribution is -2.38. The van der Waals surface area contributed by atoms with Gasteiger partial charge in [-0.1, -0.05) is 0 Å². The smallest absolute Gasteiger partial charge is 0.399 e. The second kappa shape index (κ2) is 9.01. The second-order valence-corrected chi connectivity index (χ2v) is 9.19. The van der Waals surface area contributed by atoms with Crippen molar-refractivity contribution in [2.45, 2.75) is 44.6 Å². The number of nitrogens with one attached hydrogen (secondary N) is 1. The Kier molecular flexibility index (Phi) is 6.02. The zero-order valence-corrected chi connectivity index (χ0v) is 19.3. The molecule has 2 aromatic heterocycles. The van der Waals surface area contributed by atoms with Crippen LogP contribution < -0.4 is 20.9 Å². The fourth-order valence-electron chi connectivity index (χ4n) is 4.41. The van der Waals surface area contributed by atoms with Crippen molar-refractivity contribution in [2.75, 3.05) is 47.0 Å². The Bertz CT molecular complexity index is 1220. The Morgan fingerprint density at radius 2 is 1.77 bits per heavy atom. The van der Waals surface area contributed by atoms with Gasteiger partial charge in [0, 0.05) is 37.3 Å². The summed E-state index contributed by atoms with van der Waals surface area (Å²) in [5, 5.41) is 3.98. The average molecular weight is 490 g/mol. The van der Waals surface area contributed by atoms with Gasteiger partial charge in [0.05, 0.1) is 23.3 Å². The summed E-state index contributed by atoms with van der Waals surface area (Å²) >= 11 is 0. The highest BCUT2D eigenvalue weighted by Crippen LogP contribution is 2.35. The lowest BCUT2D eigenvalue weighted by atomic mass is 10.0. The molecule has 1 atom stereocenters. The first-order chi connectivity index (χ1) is 16.7. The standard InChI is InChI=1S/C24H27F4N7/c1-14(15-9-16(24(26,27)28)11-18(29)10-15)31-22-19-12-21(34-7-3-17(25)4-8-34)30-13-20(19)32-23(33-22)35-5-2-6-35/h9-14,17H,2-8,29H2,1H3,(H,31,32,33). The summed E-state index contributed by atoms with van der Waals surface area (Å²) in [5.41, 5.74) is 6.05. The van der Waals surface area contributed by atoms with E-state index < -0.39 is 24.0 Å². The Morgan fingerprint density at radius 3 is 2.43 bits per heavy atom. The number of anilines is 4. The highest BCUT2D eigenvalue weighted by molar-refractivity contribution is 5.91. The van der Waals surface area contributed by atoms with Crippen LogP contribution in [0.3, 0.4) is 0 Å². The van der Waals surface area contributed by atoms with Gasteiger partial charge in [-0.3, -0.25) is 0 Å². The van der Waals surface area contributed by atoms with E-state index in [9.17, 15) is 17.6 Å². The minimum absolute atomic E-state index is 0.0417. The molecule has 11 heteroatoms. The van der Waals surface area contributed by atoms with Crippen LogP contribution in [0.15, 0.2) is 30.5 Å². The van der Waals surface area contributed by atoms with E-state index >= 15 is 0 Å². The maximum Gasteiger partial charge on any atom is 0.416 e. The van der Waals surface area contributed by atoms with Crippen LogP contribution in [0.4, 0.5) is 40.8 Å². The minimum Gasteiger partial charge on any atom is -0.399 e. The van der Waals surface area contributed by atoms with E-state index in [2.05, 4.69) is 15.3 Å². The molecular weight excluding hydrogens is 462 g/mol. The fourth-order valence-corrected chi connectivity index (χ4v) is 4.41. The zero-order valence-electron chi connectivity index (χ0n) is 19.3. The molecular formula is C24H27F4N7. The van der Waals surface area contributed by atoms with E-state index in [0.29, 0.717) is 60.0 Å². The first-order valence-corrected chi connectivity index (χ1v) is 11.7. The molecule has 0 amide bonds. The fraction of sp³-hybridized carbons (Fsp3) is 0.458. The number of piperidine rings is 1. The number of benzene rings is 1. The van der Waals surface area contributed by atoms with Crippen molar-refractivity contribution in [3.63, 3.8) is 0 Å². The summed E-state index contributed by atoms with van der Waals surface area (Å²) < 4.78 is 53.6. The SMILES string of the molecule is CC(Nc1nc(N2CCC2)nc2cnc(N3CCC(F)CC3)cc12)c1cc(N)cc(C(F)(F)F)c1. The van der Waals surface area contributed by atoms with Gasteiger partial charge in [0.15, 0.2) is 0 Å². The highest BCUT2D eigenvalue weighted by atomic mass is 19.4. The van der Waals surface area contributed by atoms with Crippen LogP contribution >= 0.6 is 0 Å². The molecule has 0 saturated carbocycles. The van der Waals surface area contributed by atoms with Crippen molar-refractivity contribution in [1.29, 1.82) is 0 Å². The van der Waals surface area contributed by atoms with Crippen molar-refractivity contribution in [3.8, 4) is 0 Å². The normalized spacial score (nSPS) is 18.0. The lowest BCUT2D eigenvalue weighted by Gasteiger charge is -2.32. The van der Waals surface area contributed by atoms with Gasteiger partial charge in [0.1, 0.15) is 17.8 Å². The van der Waals surface area contributed by atoms with Crippen LogP contribution in [0.1, 0.15) is 43.4 Å². The molecule has 0 bridgehead atoms. The lowest BCUT2D eigenvalue weighted by molar-refractivity contribution is -0.137. The summed E-state index contributed by atoms with van der Waals surface area (Å²) in [6, 6.07) is 4.91. The van der Waals surface area contributed by atoms with Crippen molar-refractivity contribution >= 4 is 34.2 Å². The summed E-state index contributed by atoms with van der Waals surface area (Å²) in [6.45, 7) is 4.58. The van der Waals surface area contributed by atoms with Gasteiger partial charge < -0.3 is 20.9 Å². The Hall–Kier alpha value is -3.37. The molecule has 3 aromatic rings. The number of nitrogen functional groups attached to an aromatic ring is 1. The van der Waals surface area contributed by atoms with E-state index in [0.717, 1.165) is 31.6 Å². The third-order valence-electron chi connectivity index (χ3n) is 6.60. The van der Waals surface area contributed by atoms with Gasteiger partial charge in [-0.15, -0.1) is 0 Å². The van der Waals surface area contributed by atoms with Gasteiger partial charge in [0.2, 0.25) is 5.95 Å². The molecule has 0 spiro atoms. The number of rotatable bonds is 5. The van der Waals surface area contributed by atoms with Crippen LogP contribution in [0.2, 0.25) is 0 Å². The van der Waals surface area contributed by atoms with E-state index in [1.807, 2.05) is 15.9 Å². The van der Waals surface area contributed by atoms with Crippen LogP contribution in [-0.2, 0) is 6.18 Å². The quantitative estimate of drug-likeness (QED) is 0.388. The number of hydrogen-bond donors (Lipinski definition) is 2. The third-order valence-corrected chi connectivity index (χ3v) is 6.60. The van der Waals surface area contributed by atoms with Crippen LogP contribution in [-0.4, -0.2) is 47.3 Å². The van der Waals surface area contributed by atoms with Crippen molar-refractivity contribution in [3.05, 3.63) is 41.6 Å². The van der Waals surface area contributed by atoms with Gasteiger partial charge in [-0.25, -0.2) is 14.4 Å². The number of halogens is 4. The Labute approximate surface area is 200 Å². The molecule has 1 unspecified atom stereocenters. The second-order valence-electron chi connectivity index (χ2n) is 9.19. The molecule has 2 saturated heterocycles. The van der Waals surface area contributed by atoms with E-state index in [1.165, 1.54) is 6.07 Å².